The van der Waals surface area contributed by atoms with Crippen molar-refractivity contribution >= 4 is 39.6 Å². The van der Waals surface area contributed by atoms with Gasteiger partial charge in [0.15, 0.2) is 0 Å². The molecule has 0 radical (unpaired) electrons. The van der Waals surface area contributed by atoms with Crippen molar-refractivity contribution in [2.45, 2.75) is 25.8 Å². The average Bonchev–Trinajstić information content (AvgIpc) is 2.82. The zero-order valence-corrected chi connectivity index (χ0v) is 18.5. The predicted molar refractivity (Wildman–Crippen MR) is 127 cm³/mol. The van der Waals surface area contributed by atoms with Crippen molar-refractivity contribution < 1.29 is 9.59 Å². The number of piperidine rings is 1. The van der Waals surface area contributed by atoms with E-state index in [-0.39, 0.29) is 24.3 Å². The highest BCUT2D eigenvalue weighted by molar-refractivity contribution is 5.99. The minimum absolute atomic E-state index is 0.197. The second-order valence-corrected chi connectivity index (χ2v) is 8.60. The summed E-state index contributed by atoms with van der Waals surface area (Å²) in [5, 5.41) is 8.04. The zero-order valence-electron chi connectivity index (χ0n) is 18.5. The van der Waals surface area contributed by atoms with Gasteiger partial charge in [0.2, 0.25) is 5.91 Å². The minimum atomic E-state index is -0.764. The molecule has 2 aromatic carbocycles. The molecule has 3 heterocycles. The van der Waals surface area contributed by atoms with E-state index in [0.717, 1.165) is 48.6 Å². The van der Waals surface area contributed by atoms with Crippen LogP contribution in [0.1, 0.15) is 24.6 Å². The number of hydrogen-bond donors (Lipinski definition) is 2. The van der Waals surface area contributed by atoms with Crippen molar-refractivity contribution in [3.8, 4) is 0 Å². The number of fused-ring (bicyclic) bond motifs is 1. The Morgan fingerprint density at radius 2 is 1.55 bits per heavy atom. The van der Waals surface area contributed by atoms with Crippen LogP contribution in [0.4, 0.5) is 17.1 Å². The topological polar surface area (TPSA) is 114 Å². The molecule has 2 fully saturated rings. The monoisotopic (exact) mass is 446 g/mol. The molecule has 1 aromatic heterocycles. The van der Waals surface area contributed by atoms with Crippen LogP contribution in [0.5, 0.6) is 0 Å². The van der Waals surface area contributed by atoms with Crippen molar-refractivity contribution in [1.82, 2.24) is 15.1 Å². The van der Waals surface area contributed by atoms with Crippen molar-refractivity contribution in [3.63, 3.8) is 0 Å². The lowest BCUT2D eigenvalue weighted by atomic mass is 10.1. The minimum Gasteiger partial charge on any atom is -0.399 e. The van der Waals surface area contributed by atoms with Gasteiger partial charge in [0.05, 0.1) is 11.1 Å². The fraction of sp³-hybridized carbons (Fsp3) is 0.333. The number of nitrogens with one attached hydrogen (secondary N) is 1. The normalized spacial score (nSPS) is 19.1. The molecular weight excluding hydrogens is 420 g/mol. The Labute approximate surface area is 190 Å². The number of carbonyl (C=O) groups excluding carboxylic acids is 2. The highest BCUT2D eigenvalue weighted by Gasteiger charge is 2.30. The van der Waals surface area contributed by atoms with E-state index >= 15 is 0 Å². The van der Waals surface area contributed by atoms with Gasteiger partial charge < -0.3 is 15.5 Å². The first-order valence-electron chi connectivity index (χ1n) is 11.1. The lowest BCUT2D eigenvalue weighted by Crippen LogP contribution is -2.46. The molecule has 2 amide bonds. The summed E-state index contributed by atoms with van der Waals surface area (Å²) in [7, 11) is 0. The van der Waals surface area contributed by atoms with Gasteiger partial charge >= 0.3 is 0 Å². The van der Waals surface area contributed by atoms with Gasteiger partial charge in [0.1, 0.15) is 6.04 Å². The van der Waals surface area contributed by atoms with Crippen molar-refractivity contribution in [2.24, 2.45) is 0 Å². The van der Waals surface area contributed by atoms with E-state index in [0.29, 0.717) is 11.1 Å². The molecule has 2 saturated heterocycles. The van der Waals surface area contributed by atoms with Gasteiger partial charge in [-0.05, 0) is 55.8 Å². The number of carbonyl (C=O) groups is 2. The molecule has 3 aromatic rings. The fourth-order valence-electron chi connectivity index (χ4n) is 4.63. The maximum Gasteiger partial charge on any atom is 0.275 e. The number of hydrogen-bond acceptors (Lipinski definition) is 7. The summed E-state index contributed by atoms with van der Waals surface area (Å²) in [5.74, 6) is -0.793. The largest absolute Gasteiger partial charge is 0.399 e. The number of benzene rings is 2. The Morgan fingerprint density at radius 1 is 0.909 bits per heavy atom. The van der Waals surface area contributed by atoms with E-state index in [9.17, 15) is 14.4 Å². The molecule has 1 unspecified atom stereocenters. The van der Waals surface area contributed by atoms with E-state index < -0.39 is 11.9 Å². The number of nitrogen functional groups attached to an aromatic ring is 1. The SMILES string of the molecule is Cc1nn(C2CCC(=O)NC2=O)c(=O)c2ccc(N3CCN(c4ccc(N)cc4)CC3)cc12. The molecule has 0 spiro atoms. The summed E-state index contributed by atoms with van der Waals surface area (Å²) in [6.45, 7) is 5.32. The van der Waals surface area contributed by atoms with Crippen LogP contribution in [0, 0.1) is 6.92 Å². The van der Waals surface area contributed by atoms with Crippen LogP contribution in [0.2, 0.25) is 0 Å². The van der Waals surface area contributed by atoms with Crippen LogP contribution >= 0.6 is 0 Å². The summed E-state index contributed by atoms with van der Waals surface area (Å²) in [4.78, 5) is 41.5. The summed E-state index contributed by atoms with van der Waals surface area (Å²) >= 11 is 0. The van der Waals surface area contributed by atoms with Crippen LogP contribution < -0.4 is 26.4 Å². The summed E-state index contributed by atoms with van der Waals surface area (Å²) in [6, 6.07) is 12.9. The number of imide groups is 1. The van der Waals surface area contributed by atoms with E-state index in [2.05, 4.69) is 20.2 Å². The highest BCUT2D eigenvalue weighted by Crippen LogP contribution is 2.26. The van der Waals surface area contributed by atoms with E-state index in [1.807, 2.05) is 49.4 Å². The standard InChI is InChI=1S/C24H26N6O3/c1-15-20-14-18(29-12-10-28(11-13-29)17-4-2-16(25)3-5-17)6-7-19(20)24(33)30(27-15)21-8-9-22(31)26-23(21)32/h2-7,14,21H,8-13,25H2,1H3,(H,26,31,32). The molecule has 9 heteroatoms. The molecule has 1 atom stereocenters. The highest BCUT2D eigenvalue weighted by atomic mass is 16.2. The molecule has 170 valence electrons. The van der Waals surface area contributed by atoms with Crippen LogP contribution in [0.25, 0.3) is 10.8 Å². The lowest BCUT2D eigenvalue weighted by Gasteiger charge is -2.37. The Hall–Kier alpha value is -3.88. The Kier molecular flexibility index (Phi) is 5.24. The first-order valence-corrected chi connectivity index (χ1v) is 11.1. The average molecular weight is 447 g/mol. The number of anilines is 3. The number of nitrogens with two attached hydrogens (primary N) is 1. The number of rotatable bonds is 3. The molecule has 0 bridgehead atoms. The molecule has 33 heavy (non-hydrogen) atoms. The number of piperazine rings is 1. The van der Waals surface area contributed by atoms with Gasteiger partial charge in [-0.1, -0.05) is 0 Å². The van der Waals surface area contributed by atoms with Gasteiger partial charge in [-0.15, -0.1) is 0 Å². The Morgan fingerprint density at radius 3 is 2.21 bits per heavy atom. The third-order valence-corrected chi connectivity index (χ3v) is 6.50. The maximum absolute atomic E-state index is 13.1. The second-order valence-electron chi connectivity index (χ2n) is 8.60. The number of amides is 2. The number of aromatic nitrogens is 2. The van der Waals surface area contributed by atoms with E-state index in [4.69, 9.17) is 5.73 Å². The van der Waals surface area contributed by atoms with Gasteiger partial charge in [-0.2, -0.15) is 5.10 Å². The first kappa shape index (κ1) is 21.0. The van der Waals surface area contributed by atoms with Crippen molar-refractivity contribution in [2.75, 3.05) is 41.7 Å². The van der Waals surface area contributed by atoms with Crippen LogP contribution in [-0.4, -0.2) is 47.8 Å². The number of nitrogens with zero attached hydrogens (tertiary/aromatic N) is 4. The van der Waals surface area contributed by atoms with Gasteiger partial charge in [0, 0.05) is 55.0 Å². The third-order valence-electron chi connectivity index (χ3n) is 6.50. The number of aryl methyl sites for hydroxylation is 1. The molecule has 9 nitrogen and oxygen atoms in total. The molecule has 2 aliphatic heterocycles. The molecule has 0 aliphatic carbocycles. The molecule has 5 rings (SSSR count). The second kappa shape index (κ2) is 8.23. The third kappa shape index (κ3) is 3.90. The van der Waals surface area contributed by atoms with E-state index in [1.54, 1.807) is 0 Å². The van der Waals surface area contributed by atoms with Crippen LogP contribution in [0.15, 0.2) is 47.3 Å². The smallest absolute Gasteiger partial charge is 0.275 e. The Balaban J connectivity index is 1.38. The zero-order chi connectivity index (χ0) is 23.1. The maximum atomic E-state index is 13.1. The Bertz CT molecular complexity index is 1290. The quantitative estimate of drug-likeness (QED) is 0.464. The molecular formula is C24H26N6O3. The summed E-state index contributed by atoms with van der Waals surface area (Å²) in [6.07, 6.45) is 0.474. The molecule has 2 aliphatic rings. The predicted octanol–water partition coefficient (Wildman–Crippen LogP) is 1.59. The van der Waals surface area contributed by atoms with Crippen LogP contribution in [0.3, 0.4) is 0 Å². The molecule has 3 N–H and O–H groups in total. The lowest BCUT2D eigenvalue weighted by molar-refractivity contribution is -0.136. The van der Waals surface area contributed by atoms with Gasteiger partial charge in [-0.3, -0.25) is 19.7 Å². The van der Waals surface area contributed by atoms with Crippen molar-refractivity contribution in [1.29, 1.82) is 0 Å². The summed E-state index contributed by atoms with van der Waals surface area (Å²) < 4.78 is 1.23. The van der Waals surface area contributed by atoms with Crippen LogP contribution in [-0.2, 0) is 9.59 Å². The van der Waals surface area contributed by atoms with Crippen molar-refractivity contribution in [3.05, 3.63) is 58.5 Å². The molecule has 0 saturated carbocycles. The summed E-state index contributed by atoms with van der Waals surface area (Å²) in [5.41, 5.74) is 9.13. The van der Waals surface area contributed by atoms with Gasteiger partial charge in [0.25, 0.3) is 11.5 Å². The van der Waals surface area contributed by atoms with E-state index in [1.165, 1.54) is 4.68 Å². The first-order chi connectivity index (χ1) is 15.9. The van der Waals surface area contributed by atoms with Gasteiger partial charge in [-0.25, -0.2) is 4.68 Å². The fourth-order valence-corrected chi connectivity index (χ4v) is 4.63.